The molecule has 0 bridgehead atoms. The van der Waals surface area contributed by atoms with Crippen LogP contribution in [0.3, 0.4) is 0 Å². The number of aromatic nitrogens is 2. The van der Waals surface area contributed by atoms with Gasteiger partial charge in [0.15, 0.2) is 0 Å². The normalized spacial score (nSPS) is 14.2. The van der Waals surface area contributed by atoms with E-state index in [4.69, 9.17) is 0 Å². The summed E-state index contributed by atoms with van der Waals surface area (Å²) in [5.41, 5.74) is 3.49. The van der Waals surface area contributed by atoms with E-state index in [9.17, 15) is 9.59 Å². The lowest BCUT2D eigenvalue weighted by molar-refractivity contribution is -0.117. The number of benzene rings is 2. The van der Waals surface area contributed by atoms with Crippen LogP contribution in [0.2, 0.25) is 0 Å². The number of H-pyrrole nitrogens is 1. The molecule has 25 heavy (non-hydrogen) atoms. The number of imidazole rings is 1. The lowest BCUT2D eigenvalue weighted by Crippen LogP contribution is -2.23. The molecule has 0 unspecified atom stereocenters. The van der Waals surface area contributed by atoms with Crippen LogP contribution < -0.4 is 10.2 Å². The first-order chi connectivity index (χ1) is 12.2. The molecule has 1 saturated heterocycles. The number of amides is 2. The molecule has 126 valence electrons. The smallest absolute Gasteiger partial charge is 0.231 e. The number of para-hydroxylation sites is 2. The molecule has 0 atom stereocenters. The van der Waals surface area contributed by atoms with Gasteiger partial charge in [-0.15, -0.1) is 0 Å². The maximum absolute atomic E-state index is 12.2. The summed E-state index contributed by atoms with van der Waals surface area (Å²) in [6.07, 6.45) is 1.77. The largest absolute Gasteiger partial charge is 0.324 e. The molecule has 1 aromatic heterocycles. The fourth-order valence-electron chi connectivity index (χ4n) is 3.09. The highest BCUT2D eigenvalue weighted by molar-refractivity contribution is 5.95. The monoisotopic (exact) mass is 334 g/mol. The molecule has 2 aromatic carbocycles. The Kier molecular flexibility index (Phi) is 3.93. The number of hydrogen-bond acceptors (Lipinski definition) is 3. The summed E-state index contributed by atoms with van der Waals surface area (Å²) in [4.78, 5) is 33.2. The summed E-state index contributed by atoms with van der Waals surface area (Å²) in [7, 11) is 0. The van der Waals surface area contributed by atoms with Crippen LogP contribution in [-0.4, -0.2) is 28.3 Å². The zero-order chi connectivity index (χ0) is 17.2. The van der Waals surface area contributed by atoms with E-state index in [0.29, 0.717) is 12.4 Å². The Balaban J connectivity index is 1.41. The number of carbonyl (C=O) groups is 2. The van der Waals surface area contributed by atoms with Gasteiger partial charge in [0.25, 0.3) is 0 Å². The van der Waals surface area contributed by atoms with Crippen LogP contribution in [-0.2, 0) is 16.0 Å². The molecule has 3 aromatic rings. The zero-order valence-electron chi connectivity index (χ0n) is 13.7. The molecular weight excluding hydrogens is 316 g/mol. The van der Waals surface area contributed by atoms with Crippen molar-refractivity contribution in [2.24, 2.45) is 0 Å². The van der Waals surface area contributed by atoms with Crippen molar-refractivity contribution < 1.29 is 9.59 Å². The molecule has 1 fully saturated rings. The van der Waals surface area contributed by atoms with Crippen molar-refractivity contribution in [3.05, 3.63) is 54.1 Å². The van der Waals surface area contributed by atoms with Crippen LogP contribution in [0.5, 0.6) is 0 Å². The van der Waals surface area contributed by atoms with Gasteiger partial charge in [-0.1, -0.05) is 24.3 Å². The number of aromatic amines is 1. The van der Waals surface area contributed by atoms with E-state index >= 15 is 0 Å². The van der Waals surface area contributed by atoms with Gasteiger partial charge in [-0.2, -0.15) is 0 Å². The number of nitrogens with one attached hydrogen (secondary N) is 2. The third-order valence-corrected chi connectivity index (χ3v) is 4.33. The van der Waals surface area contributed by atoms with Crippen LogP contribution in [0.4, 0.5) is 11.6 Å². The van der Waals surface area contributed by atoms with Crippen LogP contribution >= 0.6 is 0 Å². The van der Waals surface area contributed by atoms with Gasteiger partial charge in [0.05, 0.1) is 17.5 Å². The van der Waals surface area contributed by atoms with Crippen molar-refractivity contribution in [2.75, 3.05) is 16.8 Å². The summed E-state index contributed by atoms with van der Waals surface area (Å²) in [5.74, 6) is 0.477. The van der Waals surface area contributed by atoms with Gasteiger partial charge in [0.2, 0.25) is 17.8 Å². The molecular formula is C19H18N4O2. The Bertz CT molecular complexity index is 897. The van der Waals surface area contributed by atoms with E-state index in [1.807, 2.05) is 48.5 Å². The van der Waals surface area contributed by atoms with Gasteiger partial charge in [0, 0.05) is 18.7 Å². The fraction of sp³-hybridized carbons (Fsp3) is 0.211. The molecule has 0 aliphatic carbocycles. The van der Waals surface area contributed by atoms with Crippen molar-refractivity contribution in [1.29, 1.82) is 0 Å². The van der Waals surface area contributed by atoms with Crippen molar-refractivity contribution in [3.63, 3.8) is 0 Å². The average Bonchev–Trinajstić information content (AvgIpc) is 3.21. The van der Waals surface area contributed by atoms with E-state index in [1.54, 1.807) is 4.90 Å². The second-order valence-corrected chi connectivity index (χ2v) is 6.14. The first-order valence-corrected chi connectivity index (χ1v) is 8.33. The predicted octanol–water partition coefficient (Wildman–Crippen LogP) is 2.87. The first-order valence-electron chi connectivity index (χ1n) is 8.33. The summed E-state index contributed by atoms with van der Waals surface area (Å²) in [6.45, 7) is 0.769. The number of hydrogen-bond donors (Lipinski definition) is 2. The van der Waals surface area contributed by atoms with Crippen molar-refractivity contribution in [2.45, 2.75) is 19.3 Å². The van der Waals surface area contributed by atoms with Crippen LogP contribution in [0, 0.1) is 0 Å². The van der Waals surface area contributed by atoms with Crippen molar-refractivity contribution >= 4 is 34.5 Å². The second-order valence-electron chi connectivity index (χ2n) is 6.14. The van der Waals surface area contributed by atoms with Gasteiger partial charge in [-0.3, -0.25) is 14.9 Å². The van der Waals surface area contributed by atoms with E-state index < -0.39 is 0 Å². The average molecular weight is 334 g/mol. The zero-order valence-corrected chi connectivity index (χ0v) is 13.7. The molecule has 0 radical (unpaired) electrons. The maximum Gasteiger partial charge on any atom is 0.231 e. The predicted molar refractivity (Wildman–Crippen MR) is 96.5 cm³/mol. The lowest BCUT2D eigenvalue weighted by Gasteiger charge is -2.15. The summed E-state index contributed by atoms with van der Waals surface area (Å²) < 4.78 is 0. The maximum atomic E-state index is 12.2. The Labute approximate surface area is 144 Å². The molecule has 6 heteroatoms. The first kappa shape index (κ1) is 15.4. The minimum absolute atomic E-state index is 0.135. The van der Waals surface area contributed by atoms with Crippen molar-refractivity contribution in [1.82, 2.24) is 9.97 Å². The number of rotatable bonds is 4. The SMILES string of the molecule is O=C(Cc1ccc(N2CCCC2=O)cc1)Nc1nc2ccccc2[nH]1. The van der Waals surface area contributed by atoms with Gasteiger partial charge in [-0.05, 0) is 36.2 Å². The standard InChI is InChI=1S/C19H18N4O2/c24-17(22-19-20-15-4-1-2-5-16(15)21-19)12-13-7-9-14(10-8-13)23-11-3-6-18(23)25/h1-2,4-5,7-10H,3,6,11-12H2,(H2,20,21,22,24). The molecule has 2 N–H and O–H groups in total. The third-order valence-electron chi connectivity index (χ3n) is 4.33. The minimum atomic E-state index is -0.135. The Morgan fingerprint density at radius 1 is 1.16 bits per heavy atom. The molecule has 1 aliphatic rings. The van der Waals surface area contributed by atoms with E-state index in [0.717, 1.165) is 35.2 Å². The van der Waals surface area contributed by atoms with Crippen LogP contribution in [0.15, 0.2) is 48.5 Å². The quantitative estimate of drug-likeness (QED) is 0.770. The fourth-order valence-corrected chi connectivity index (χ4v) is 3.09. The molecule has 4 rings (SSSR count). The van der Waals surface area contributed by atoms with Gasteiger partial charge >= 0.3 is 0 Å². The second kappa shape index (κ2) is 6.39. The highest BCUT2D eigenvalue weighted by atomic mass is 16.2. The highest BCUT2D eigenvalue weighted by Crippen LogP contribution is 2.22. The molecule has 0 saturated carbocycles. The Hall–Kier alpha value is -3.15. The van der Waals surface area contributed by atoms with Gasteiger partial charge in [-0.25, -0.2) is 4.98 Å². The topological polar surface area (TPSA) is 78.1 Å². The summed E-state index contributed by atoms with van der Waals surface area (Å²) >= 11 is 0. The molecule has 6 nitrogen and oxygen atoms in total. The van der Waals surface area contributed by atoms with Gasteiger partial charge < -0.3 is 9.88 Å². The lowest BCUT2D eigenvalue weighted by atomic mass is 10.1. The summed E-state index contributed by atoms with van der Waals surface area (Å²) in [6, 6.07) is 15.2. The minimum Gasteiger partial charge on any atom is -0.324 e. The Morgan fingerprint density at radius 2 is 1.96 bits per heavy atom. The van der Waals surface area contributed by atoms with E-state index in [-0.39, 0.29) is 18.2 Å². The number of carbonyl (C=O) groups excluding carboxylic acids is 2. The van der Waals surface area contributed by atoms with Gasteiger partial charge in [0.1, 0.15) is 0 Å². The highest BCUT2D eigenvalue weighted by Gasteiger charge is 2.21. The van der Waals surface area contributed by atoms with E-state index in [1.165, 1.54) is 0 Å². The molecule has 2 amide bonds. The third kappa shape index (κ3) is 3.24. The number of anilines is 2. The van der Waals surface area contributed by atoms with Crippen LogP contribution in [0.1, 0.15) is 18.4 Å². The molecule has 1 aliphatic heterocycles. The summed E-state index contributed by atoms with van der Waals surface area (Å²) in [5, 5.41) is 2.79. The van der Waals surface area contributed by atoms with E-state index in [2.05, 4.69) is 15.3 Å². The molecule has 2 heterocycles. The van der Waals surface area contributed by atoms with Crippen LogP contribution in [0.25, 0.3) is 11.0 Å². The Morgan fingerprint density at radius 3 is 2.68 bits per heavy atom. The number of nitrogens with zero attached hydrogens (tertiary/aromatic N) is 2. The van der Waals surface area contributed by atoms with Crippen molar-refractivity contribution in [3.8, 4) is 0 Å². The molecule has 0 spiro atoms. The number of fused-ring (bicyclic) bond motifs is 1.